The fourth-order valence-corrected chi connectivity index (χ4v) is 1.40. The summed E-state index contributed by atoms with van der Waals surface area (Å²) in [6, 6.07) is 4.04. The number of methoxy groups -OCH3 is 1. The van der Waals surface area contributed by atoms with Crippen molar-refractivity contribution in [2.75, 3.05) is 20.3 Å². The third-order valence-electron chi connectivity index (χ3n) is 2.32. The molecule has 6 heteroatoms. The summed E-state index contributed by atoms with van der Waals surface area (Å²) in [5, 5.41) is 10.8. The van der Waals surface area contributed by atoms with Crippen molar-refractivity contribution in [2.45, 2.75) is 12.8 Å². The molecule has 98 valence electrons. The van der Waals surface area contributed by atoms with Crippen LogP contribution in [0.1, 0.15) is 23.2 Å². The van der Waals surface area contributed by atoms with E-state index in [1.54, 1.807) is 7.11 Å². The lowest BCUT2D eigenvalue weighted by Crippen LogP contribution is -2.02. The molecule has 0 unspecified atom stereocenters. The van der Waals surface area contributed by atoms with Crippen molar-refractivity contribution in [2.24, 2.45) is 0 Å². The van der Waals surface area contributed by atoms with Crippen LogP contribution in [-0.4, -0.2) is 31.5 Å². The molecular weight excluding hydrogens is 238 g/mol. The molecule has 6 nitrogen and oxygen atoms in total. The van der Waals surface area contributed by atoms with E-state index in [0.29, 0.717) is 25.1 Å². The van der Waals surface area contributed by atoms with Gasteiger partial charge in [-0.3, -0.25) is 14.9 Å². The molecule has 0 aliphatic carbocycles. The van der Waals surface area contributed by atoms with Crippen molar-refractivity contribution in [1.29, 1.82) is 0 Å². The predicted octanol–water partition coefficient (Wildman–Crippen LogP) is 2.21. The maximum absolute atomic E-state index is 10.8. The maximum atomic E-state index is 10.8. The first kappa shape index (κ1) is 14.1. The van der Waals surface area contributed by atoms with Gasteiger partial charge in [-0.15, -0.1) is 0 Å². The number of nitro groups is 1. The number of nitro benzene ring substituents is 1. The number of benzene rings is 1. The molecule has 0 radical (unpaired) electrons. The number of hydrogen-bond donors (Lipinski definition) is 0. The second kappa shape index (κ2) is 7.39. The summed E-state index contributed by atoms with van der Waals surface area (Å²) in [6.45, 7) is 0.979. The number of aldehydes is 1. The van der Waals surface area contributed by atoms with Crippen LogP contribution in [0, 0.1) is 10.1 Å². The first-order valence-corrected chi connectivity index (χ1v) is 5.54. The Morgan fingerprint density at radius 2 is 2.06 bits per heavy atom. The third kappa shape index (κ3) is 4.14. The van der Waals surface area contributed by atoms with Crippen LogP contribution in [0.2, 0.25) is 0 Å². The molecule has 0 aromatic heterocycles. The van der Waals surface area contributed by atoms with Gasteiger partial charge in [0.2, 0.25) is 0 Å². The average molecular weight is 253 g/mol. The Kier molecular flexibility index (Phi) is 5.79. The Morgan fingerprint density at radius 1 is 1.33 bits per heavy atom. The minimum absolute atomic E-state index is 0.127. The highest BCUT2D eigenvalue weighted by Gasteiger charge is 2.15. The first-order valence-electron chi connectivity index (χ1n) is 5.54. The van der Waals surface area contributed by atoms with Crippen molar-refractivity contribution in [1.82, 2.24) is 0 Å². The van der Waals surface area contributed by atoms with Crippen LogP contribution in [0.15, 0.2) is 18.2 Å². The summed E-state index contributed by atoms with van der Waals surface area (Å²) < 4.78 is 10.2. The van der Waals surface area contributed by atoms with Gasteiger partial charge >= 0.3 is 5.69 Å². The Hall–Kier alpha value is -1.95. The summed E-state index contributed by atoms with van der Waals surface area (Å²) in [5.74, 6) is 0.127. The first-order chi connectivity index (χ1) is 8.69. The predicted molar refractivity (Wildman–Crippen MR) is 65.1 cm³/mol. The molecule has 0 amide bonds. The number of unbranched alkanes of at least 4 members (excludes halogenated alkanes) is 1. The molecule has 0 N–H and O–H groups in total. The molecule has 0 spiro atoms. The summed E-state index contributed by atoms with van der Waals surface area (Å²) in [5.41, 5.74) is 0.222. The molecule has 0 saturated carbocycles. The molecule has 0 aliphatic heterocycles. The van der Waals surface area contributed by atoms with Crippen LogP contribution >= 0.6 is 0 Å². The summed E-state index contributed by atoms with van der Waals surface area (Å²) in [4.78, 5) is 20.9. The van der Waals surface area contributed by atoms with Gasteiger partial charge in [0.1, 0.15) is 6.29 Å². The zero-order valence-electron chi connectivity index (χ0n) is 10.1. The molecule has 1 rings (SSSR count). The van der Waals surface area contributed by atoms with Crippen LogP contribution in [0.5, 0.6) is 5.75 Å². The molecule has 18 heavy (non-hydrogen) atoms. The summed E-state index contributed by atoms with van der Waals surface area (Å²) in [6.07, 6.45) is 2.18. The molecule has 0 fully saturated rings. The number of rotatable bonds is 8. The van der Waals surface area contributed by atoms with E-state index in [2.05, 4.69) is 0 Å². The fourth-order valence-electron chi connectivity index (χ4n) is 1.40. The van der Waals surface area contributed by atoms with E-state index in [4.69, 9.17) is 9.47 Å². The number of ether oxygens (including phenoxy) is 2. The highest BCUT2D eigenvalue weighted by Crippen LogP contribution is 2.27. The quantitative estimate of drug-likeness (QED) is 0.307. The van der Waals surface area contributed by atoms with Crippen molar-refractivity contribution < 1.29 is 19.2 Å². The van der Waals surface area contributed by atoms with Gasteiger partial charge in [-0.1, -0.05) is 0 Å². The molecule has 0 aliphatic rings. The highest BCUT2D eigenvalue weighted by atomic mass is 16.6. The van der Waals surface area contributed by atoms with Crippen molar-refractivity contribution >= 4 is 12.0 Å². The topological polar surface area (TPSA) is 78.7 Å². The SMILES string of the molecule is COCCCCOc1cc(C=O)ccc1[N+](=O)[O-]. The van der Waals surface area contributed by atoms with Crippen LogP contribution < -0.4 is 4.74 Å². The van der Waals surface area contributed by atoms with E-state index >= 15 is 0 Å². The molecule has 1 aromatic rings. The van der Waals surface area contributed by atoms with Gasteiger partial charge in [0.15, 0.2) is 5.75 Å². The van der Waals surface area contributed by atoms with E-state index in [0.717, 1.165) is 12.8 Å². The minimum atomic E-state index is -0.529. The second-order valence-electron chi connectivity index (χ2n) is 3.65. The fraction of sp³-hybridized carbons (Fsp3) is 0.417. The molecule has 1 aromatic carbocycles. The van der Waals surface area contributed by atoms with Gasteiger partial charge < -0.3 is 9.47 Å². The van der Waals surface area contributed by atoms with Gasteiger partial charge in [-0.05, 0) is 25.0 Å². The molecule has 0 saturated heterocycles. The van der Waals surface area contributed by atoms with Crippen LogP contribution in [0.4, 0.5) is 5.69 Å². The van der Waals surface area contributed by atoms with Crippen LogP contribution in [0.3, 0.4) is 0 Å². The van der Waals surface area contributed by atoms with Gasteiger partial charge in [-0.2, -0.15) is 0 Å². The normalized spacial score (nSPS) is 10.1. The van der Waals surface area contributed by atoms with E-state index in [1.165, 1.54) is 18.2 Å². The number of carbonyl (C=O) groups excluding carboxylic acids is 1. The highest BCUT2D eigenvalue weighted by molar-refractivity contribution is 5.76. The number of nitrogens with zero attached hydrogens (tertiary/aromatic N) is 1. The van der Waals surface area contributed by atoms with E-state index < -0.39 is 4.92 Å². The molecule has 0 heterocycles. The Balaban J connectivity index is 2.66. The van der Waals surface area contributed by atoms with Crippen molar-refractivity contribution in [3.05, 3.63) is 33.9 Å². The average Bonchev–Trinajstić information content (AvgIpc) is 2.38. The van der Waals surface area contributed by atoms with Gasteiger partial charge in [0.25, 0.3) is 0 Å². The molecule has 0 bridgehead atoms. The smallest absolute Gasteiger partial charge is 0.310 e. The van der Waals surface area contributed by atoms with Gasteiger partial charge in [-0.25, -0.2) is 0 Å². The largest absolute Gasteiger partial charge is 0.487 e. The summed E-state index contributed by atoms with van der Waals surface area (Å²) >= 11 is 0. The summed E-state index contributed by atoms with van der Waals surface area (Å²) in [7, 11) is 1.61. The minimum Gasteiger partial charge on any atom is -0.487 e. The van der Waals surface area contributed by atoms with E-state index in [1.807, 2.05) is 0 Å². The van der Waals surface area contributed by atoms with Crippen LogP contribution in [-0.2, 0) is 4.74 Å². The Labute approximate surface area is 105 Å². The lowest BCUT2D eigenvalue weighted by molar-refractivity contribution is -0.385. The Morgan fingerprint density at radius 3 is 2.67 bits per heavy atom. The van der Waals surface area contributed by atoms with E-state index in [-0.39, 0.29) is 11.4 Å². The molecule has 0 atom stereocenters. The molecular formula is C12H15NO5. The lowest BCUT2D eigenvalue weighted by Gasteiger charge is -2.07. The Bertz CT molecular complexity index is 419. The standard InChI is InChI=1S/C12H15NO5/c1-17-6-2-3-7-18-12-8-10(9-14)4-5-11(12)13(15)16/h4-5,8-9H,2-3,6-7H2,1H3. The van der Waals surface area contributed by atoms with Crippen molar-refractivity contribution in [3.8, 4) is 5.75 Å². The van der Waals surface area contributed by atoms with Crippen molar-refractivity contribution in [3.63, 3.8) is 0 Å². The maximum Gasteiger partial charge on any atom is 0.310 e. The number of carbonyl (C=O) groups is 1. The van der Waals surface area contributed by atoms with Gasteiger partial charge in [0.05, 0.1) is 11.5 Å². The van der Waals surface area contributed by atoms with Gasteiger partial charge in [0, 0.05) is 25.3 Å². The third-order valence-corrected chi connectivity index (χ3v) is 2.32. The zero-order valence-corrected chi connectivity index (χ0v) is 10.1. The number of hydrogen-bond acceptors (Lipinski definition) is 5. The van der Waals surface area contributed by atoms with E-state index in [9.17, 15) is 14.9 Å². The monoisotopic (exact) mass is 253 g/mol. The zero-order chi connectivity index (χ0) is 13.4. The second-order valence-corrected chi connectivity index (χ2v) is 3.65. The lowest BCUT2D eigenvalue weighted by atomic mass is 10.2. The van der Waals surface area contributed by atoms with Crippen LogP contribution in [0.25, 0.3) is 0 Å².